The van der Waals surface area contributed by atoms with Gasteiger partial charge in [-0.2, -0.15) is 0 Å². The maximum atomic E-state index is 11.7. The van der Waals surface area contributed by atoms with Crippen molar-refractivity contribution in [2.24, 2.45) is 0 Å². The first kappa shape index (κ1) is 14.6. The van der Waals surface area contributed by atoms with E-state index in [9.17, 15) is 4.79 Å². The highest BCUT2D eigenvalue weighted by atomic mass is 16.3. The number of urea groups is 1. The van der Waals surface area contributed by atoms with Crippen molar-refractivity contribution in [1.82, 2.24) is 10.6 Å². The lowest BCUT2D eigenvalue weighted by Gasteiger charge is -2.18. The highest BCUT2D eigenvalue weighted by molar-refractivity contribution is 5.74. The lowest BCUT2D eigenvalue weighted by Crippen LogP contribution is -2.43. The number of nitrogens with one attached hydrogen (secondary N) is 2. The van der Waals surface area contributed by atoms with E-state index in [1.807, 2.05) is 32.9 Å². The lowest BCUT2D eigenvalue weighted by atomic mass is 10.1. The fraction of sp³-hybridized carbons (Fsp3) is 0.615. The Balaban J connectivity index is 2.44. The molecule has 2 unspecified atom stereocenters. The first-order valence-electron chi connectivity index (χ1n) is 6.31. The van der Waals surface area contributed by atoms with Gasteiger partial charge in [0.25, 0.3) is 0 Å². The summed E-state index contributed by atoms with van der Waals surface area (Å²) in [5, 5.41) is 14.5. The van der Waals surface area contributed by atoms with Crippen molar-refractivity contribution in [1.29, 1.82) is 0 Å². The van der Waals surface area contributed by atoms with Crippen LogP contribution in [0.1, 0.15) is 44.3 Å². The number of aryl methyl sites for hydroxylation is 1. The molecule has 5 heteroatoms. The molecule has 0 fully saturated rings. The van der Waals surface area contributed by atoms with Crippen LogP contribution >= 0.6 is 0 Å². The zero-order valence-electron chi connectivity index (χ0n) is 11.2. The predicted octanol–water partition coefficient (Wildman–Crippen LogP) is 2.11. The van der Waals surface area contributed by atoms with Gasteiger partial charge in [0.15, 0.2) is 0 Å². The third-order valence-electron chi connectivity index (χ3n) is 2.84. The zero-order chi connectivity index (χ0) is 13.5. The fourth-order valence-corrected chi connectivity index (χ4v) is 1.72. The SMILES string of the molecule is CCC(CCO)NC(=O)NC(C)c1ccc(C)o1. The Bertz CT molecular complexity index is 376. The molecule has 0 aliphatic carbocycles. The standard InChI is InChI=1S/C13H22N2O3/c1-4-11(7-8-16)15-13(17)14-10(3)12-6-5-9(2)18-12/h5-6,10-11,16H,4,7-8H2,1-3H3,(H2,14,15,17). The first-order valence-corrected chi connectivity index (χ1v) is 6.31. The van der Waals surface area contributed by atoms with Gasteiger partial charge in [0, 0.05) is 12.6 Å². The van der Waals surface area contributed by atoms with Crippen LogP contribution in [0, 0.1) is 6.92 Å². The van der Waals surface area contributed by atoms with Gasteiger partial charge in [-0.15, -0.1) is 0 Å². The number of rotatable bonds is 6. The summed E-state index contributed by atoms with van der Waals surface area (Å²) < 4.78 is 5.44. The van der Waals surface area contributed by atoms with Crippen LogP contribution < -0.4 is 10.6 Å². The van der Waals surface area contributed by atoms with E-state index in [0.717, 1.165) is 17.9 Å². The Morgan fingerprint density at radius 2 is 2.17 bits per heavy atom. The number of aliphatic hydroxyl groups excluding tert-OH is 1. The molecule has 2 atom stereocenters. The molecule has 1 aromatic heterocycles. The largest absolute Gasteiger partial charge is 0.464 e. The molecule has 1 heterocycles. The maximum absolute atomic E-state index is 11.7. The highest BCUT2D eigenvalue weighted by Gasteiger charge is 2.15. The summed E-state index contributed by atoms with van der Waals surface area (Å²) in [6, 6.07) is 3.31. The topological polar surface area (TPSA) is 74.5 Å². The Morgan fingerprint density at radius 3 is 2.67 bits per heavy atom. The van der Waals surface area contributed by atoms with E-state index in [1.165, 1.54) is 0 Å². The summed E-state index contributed by atoms with van der Waals surface area (Å²) in [5.74, 6) is 1.56. The van der Waals surface area contributed by atoms with Gasteiger partial charge in [-0.1, -0.05) is 6.92 Å². The minimum absolute atomic E-state index is 0.000497. The molecule has 1 rings (SSSR count). The third kappa shape index (κ3) is 4.41. The van der Waals surface area contributed by atoms with Gasteiger partial charge in [-0.05, 0) is 38.8 Å². The second-order valence-electron chi connectivity index (χ2n) is 4.41. The molecule has 3 N–H and O–H groups in total. The maximum Gasteiger partial charge on any atom is 0.315 e. The molecule has 2 amide bonds. The van der Waals surface area contributed by atoms with Gasteiger partial charge >= 0.3 is 6.03 Å². The van der Waals surface area contributed by atoms with Crippen molar-refractivity contribution in [3.05, 3.63) is 23.7 Å². The number of furan rings is 1. The van der Waals surface area contributed by atoms with E-state index >= 15 is 0 Å². The molecule has 102 valence electrons. The van der Waals surface area contributed by atoms with Crippen molar-refractivity contribution in [3.63, 3.8) is 0 Å². The minimum atomic E-state index is -0.239. The Hall–Kier alpha value is -1.49. The summed E-state index contributed by atoms with van der Waals surface area (Å²) in [5.41, 5.74) is 0. The van der Waals surface area contributed by atoms with Crippen molar-refractivity contribution in [3.8, 4) is 0 Å². The number of hydrogen-bond acceptors (Lipinski definition) is 3. The zero-order valence-corrected chi connectivity index (χ0v) is 11.2. The monoisotopic (exact) mass is 254 g/mol. The Morgan fingerprint density at radius 1 is 1.44 bits per heavy atom. The van der Waals surface area contributed by atoms with E-state index in [-0.39, 0.29) is 24.7 Å². The van der Waals surface area contributed by atoms with E-state index in [2.05, 4.69) is 10.6 Å². The molecule has 0 aliphatic heterocycles. The molecular weight excluding hydrogens is 232 g/mol. The molecular formula is C13H22N2O3. The van der Waals surface area contributed by atoms with Gasteiger partial charge in [0.2, 0.25) is 0 Å². The van der Waals surface area contributed by atoms with Crippen molar-refractivity contribution >= 4 is 6.03 Å². The van der Waals surface area contributed by atoms with Crippen LogP contribution in [-0.4, -0.2) is 23.8 Å². The number of carbonyl (C=O) groups excluding carboxylic acids is 1. The average Bonchev–Trinajstić information content (AvgIpc) is 2.75. The molecule has 0 radical (unpaired) electrons. The molecule has 0 aromatic carbocycles. The third-order valence-corrected chi connectivity index (χ3v) is 2.84. The molecule has 0 bridgehead atoms. The van der Waals surface area contributed by atoms with Gasteiger partial charge in [0.1, 0.15) is 11.5 Å². The average molecular weight is 254 g/mol. The summed E-state index contributed by atoms with van der Waals surface area (Å²) >= 11 is 0. The summed E-state index contributed by atoms with van der Waals surface area (Å²) in [4.78, 5) is 11.7. The van der Waals surface area contributed by atoms with E-state index in [4.69, 9.17) is 9.52 Å². The van der Waals surface area contributed by atoms with Gasteiger partial charge in [-0.3, -0.25) is 0 Å². The number of carbonyl (C=O) groups is 1. The van der Waals surface area contributed by atoms with Crippen LogP contribution in [0.2, 0.25) is 0 Å². The fourth-order valence-electron chi connectivity index (χ4n) is 1.72. The lowest BCUT2D eigenvalue weighted by molar-refractivity contribution is 0.224. The van der Waals surface area contributed by atoms with Crippen LogP contribution in [0.4, 0.5) is 4.79 Å². The van der Waals surface area contributed by atoms with Crippen LogP contribution in [0.25, 0.3) is 0 Å². The quantitative estimate of drug-likeness (QED) is 0.728. The van der Waals surface area contributed by atoms with Crippen molar-refractivity contribution in [2.75, 3.05) is 6.61 Å². The molecule has 5 nitrogen and oxygen atoms in total. The van der Waals surface area contributed by atoms with Crippen molar-refractivity contribution in [2.45, 2.75) is 45.7 Å². The molecule has 0 saturated carbocycles. The Labute approximate surface area is 108 Å². The van der Waals surface area contributed by atoms with Gasteiger partial charge in [0.05, 0.1) is 6.04 Å². The normalized spacial score (nSPS) is 14.0. The second-order valence-corrected chi connectivity index (χ2v) is 4.41. The Kier molecular flexibility index (Phi) is 5.71. The van der Waals surface area contributed by atoms with E-state index in [0.29, 0.717) is 6.42 Å². The molecule has 0 aliphatic rings. The first-order chi connectivity index (χ1) is 8.56. The molecule has 0 spiro atoms. The van der Waals surface area contributed by atoms with E-state index < -0.39 is 0 Å². The number of hydrogen-bond donors (Lipinski definition) is 3. The summed E-state index contributed by atoms with van der Waals surface area (Å²) in [7, 11) is 0. The molecule has 18 heavy (non-hydrogen) atoms. The number of amides is 2. The highest BCUT2D eigenvalue weighted by Crippen LogP contribution is 2.15. The van der Waals surface area contributed by atoms with Crippen LogP contribution in [0.5, 0.6) is 0 Å². The second kappa shape index (κ2) is 7.06. The summed E-state index contributed by atoms with van der Waals surface area (Å²) in [6.07, 6.45) is 1.36. The van der Waals surface area contributed by atoms with Crippen LogP contribution in [0.3, 0.4) is 0 Å². The molecule has 1 aromatic rings. The summed E-state index contributed by atoms with van der Waals surface area (Å²) in [6.45, 7) is 5.78. The van der Waals surface area contributed by atoms with E-state index in [1.54, 1.807) is 0 Å². The van der Waals surface area contributed by atoms with Gasteiger partial charge < -0.3 is 20.2 Å². The minimum Gasteiger partial charge on any atom is -0.464 e. The molecule has 0 saturated heterocycles. The van der Waals surface area contributed by atoms with Crippen LogP contribution in [0.15, 0.2) is 16.5 Å². The smallest absolute Gasteiger partial charge is 0.315 e. The predicted molar refractivity (Wildman–Crippen MR) is 69.3 cm³/mol. The van der Waals surface area contributed by atoms with Crippen molar-refractivity contribution < 1.29 is 14.3 Å². The van der Waals surface area contributed by atoms with Gasteiger partial charge in [-0.25, -0.2) is 4.79 Å². The number of aliphatic hydroxyl groups is 1. The van der Waals surface area contributed by atoms with Crippen LogP contribution in [-0.2, 0) is 0 Å².